The van der Waals surface area contributed by atoms with Gasteiger partial charge in [0.15, 0.2) is 0 Å². The summed E-state index contributed by atoms with van der Waals surface area (Å²) in [6, 6.07) is 9.95. The van der Waals surface area contributed by atoms with Crippen LogP contribution in [0.1, 0.15) is 24.8 Å². The highest BCUT2D eigenvalue weighted by Gasteiger charge is 2.18. The first-order chi connectivity index (χ1) is 7.29. The number of nitriles is 1. The van der Waals surface area contributed by atoms with Gasteiger partial charge in [0.1, 0.15) is 0 Å². The number of nitrogens with zero attached hydrogens (tertiary/aromatic N) is 2. The molecule has 0 aromatic heterocycles. The Morgan fingerprint density at radius 2 is 2.00 bits per heavy atom. The Morgan fingerprint density at radius 1 is 1.33 bits per heavy atom. The molecule has 2 rings (SSSR count). The molecule has 1 aromatic rings. The number of anilines is 1. The van der Waals surface area contributed by atoms with E-state index in [1.54, 1.807) is 0 Å². The van der Waals surface area contributed by atoms with Crippen molar-refractivity contribution in [1.29, 1.82) is 5.26 Å². The van der Waals surface area contributed by atoms with Gasteiger partial charge in [-0.1, -0.05) is 6.42 Å². The van der Waals surface area contributed by atoms with Gasteiger partial charge in [-0.05, 0) is 43.0 Å². The van der Waals surface area contributed by atoms with Crippen molar-refractivity contribution in [3.63, 3.8) is 0 Å². The van der Waals surface area contributed by atoms with E-state index in [1.807, 2.05) is 24.3 Å². The van der Waals surface area contributed by atoms with Gasteiger partial charge in [0.25, 0.3) is 0 Å². The van der Waals surface area contributed by atoms with Gasteiger partial charge in [-0.15, -0.1) is 0 Å². The highest BCUT2D eigenvalue weighted by Crippen LogP contribution is 2.28. The smallest absolute Gasteiger partial charge is 0.0991 e. The van der Waals surface area contributed by atoms with Crippen molar-refractivity contribution in [2.24, 2.45) is 5.92 Å². The molecular formula is C13H16N2. The molecule has 0 radical (unpaired) electrons. The van der Waals surface area contributed by atoms with Gasteiger partial charge in [-0.3, -0.25) is 0 Å². The Hall–Kier alpha value is -1.49. The monoisotopic (exact) mass is 200 g/mol. The molecule has 0 atom stereocenters. The van der Waals surface area contributed by atoms with Gasteiger partial charge in [0.2, 0.25) is 0 Å². The van der Waals surface area contributed by atoms with Crippen molar-refractivity contribution in [1.82, 2.24) is 0 Å². The largest absolute Gasteiger partial charge is 0.374 e. The van der Waals surface area contributed by atoms with Crippen LogP contribution in [0.25, 0.3) is 0 Å². The summed E-state index contributed by atoms with van der Waals surface area (Å²) in [4.78, 5) is 2.28. The minimum atomic E-state index is 0.732. The molecule has 1 saturated carbocycles. The third-order valence-corrected chi connectivity index (χ3v) is 3.19. The quantitative estimate of drug-likeness (QED) is 0.750. The lowest BCUT2D eigenvalue weighted by atomic mass is 9.85. The normalized spacial score (nSPS) is 15.5. The lowest BCUT2D eigenvalue weighted by molar-refractivity contribution is 0.321. The fourth-order valence-electron chi connectivity index (χ4n) is 1.96. The summed E-state index contributed by atoms with van der Waals surface area (Å²) in [5, 5.41) is 8.70. The standard InChI is InChI=1S/C13H16N2/c1-15(10-12-3-2-4-12)13-7-5-11(9-14)6-8-13/h5-8,12H,2-4,10H2,1H3. The SMILES string of the molecule is CN(CC1CCC1)c1ccc(C#N)cc1. The molecule has 0 amide bonds. The number of hydrogen-bond donors (Lipinski definition) is 0. The predicted octanol–water partition coefficient (Wildman–Crippen LogP) is 2.79. The van der Waals surface area contributed by atoms with E-state index in [9.17, 15) is 0 Å². The molecular weight excluding hydrogens is 184 g/mol. The molecule has 1 aromatic carbocycles. The minimum absolute atomic E-state index is 0.732. The molecule has 0 bridgehead atoms. The Balaban J connectivity index is 1.98. The van der Waals surface area contributed by atoms with E-state index in [-0.39, 0.29) is 0 Å². The van der Waals surface area contributed by atoms with Crippen LogP contribution in [0.15, 0.2) is 24.3 Å². The molecule has 0 heterocycles. The van der Waals surface area contributed by atoms with Crippen LogP contribution in [0.4, 0.5) is 5.69 Å². The number of benzene rings is 1. The van der Waals surface area contributed by atoms with Gasteiger partial charge in [0, 0.05) is 19.3 Å². The van der Waals surface area contributed by atoms with Gasteiger partial charge in [-0.2, -0.15) is 5.26 Å². The molecule has 15 heavy (non-hydrogen) atoms. The maximum Gasteiger partial charge on any atom is 0.0991 e. The Labute approximate surface area is 91.1 Å². The van der Waals surface area contributed by atoms with Gasteiger partial charge < -0.3 is 4.90 Å². The predicted molar refractivity (Wildman–Crippen MR) is 61.8 cm³/mol. The lowest BCUT2D eigenvalue weighted by Crippen LogP contribution is -2.29. The van der Waals surface area contributed by atoms with Crippen molar-refractivity contribution >= 4 is 5.69 Å². The third-order valence-electron chi connectivity index (χ3n) is 3.19. The average Bonchev–Trinajstić information content (AvgIpc) is 2.23. The van der Waals surface area contributed by atoms with E-state index in [2.05, 4.69) is 18.0 Å². The number of hydrogen-bond acceptors (Lipinski definition) is 2. The summed E-state index contributed by atoms with van der Waals surface area (Å²) in [7, 11) is 2.12. The van der Waals surface area contributed by atoms with Crippen molar-refractivity contribution in [3.8, 4) is 6.07 Å². The van der Waals surface area contributed by atoms with Crippen LogP contribution in [0.2, 0.25) is 0 Å². The summed E-state index contributed by atoms with van der Waals surface area (Å²) in [6.07, 6.45) is 4.15. The van der Waals surface area contributed by atoms with Crippen LogP contribution >= 0.6 is 0 Å². The zero-order chi connectivity index (χ0) is 10.7. The molecule has 2 heteroatoms. The van der Waals surface area contributed by atoms with Crippen LogP contribution in [0.5, 0.6) is 0 Å². The lowest BCUT2D eigenvalue weighted by Gasteiger charge is -2.31. The van der Waals surface area contributed by atoms with Crippen molar-refractivity contribution < 1.29 is 0 Å². The van der Waals surface area contributed by atoms with E-state index in [4.69, 9.17) is 5.26 Å². The zero-order valence-electron chi connectivity index (χ0n) is 9.11. The molecule has 0 unspecified atom stereocenters. The molecule has 1 aliphatic rings. The van der Waals surface area contributed by atoms with Gasteiger partial charge in [-0.25, -0.2) is 0 Å². The molecule has 0 saturated heterocycles. The molecule has 78 valence electrons. The van der Waals surface area contributed by atoms with E-state index in [0.717, 1.165) is 18.0 Å². The topological polar surface area (TPSA) is 27.0 Å². The second-order valence-electron chi connectivity index (χ2n) is 4.34. The first kappa shape index (κ1) is 10.0. The highest BCUT2D eigenvalue weighted by molar-refractivity contribution is 5.49. The summed E-state index contributed by atoms with van der Waals surface area (Å²) in [5.41, 5.74) is 1.94. The first-order valence-corrected chi connectivity index (χ1v) is 5.51. The van der Waals surface area contributed by atoms with Crippen LogP contribution < -0.4 is 4.90 Å². The van der Waals surface area contributed by atoms with E-state index in [1.165, 1.54) is 24.9 Å². The molecule has 0 spiro atoms. The fraction of sp³-hybridized carbons (Fsp3) is 0.462. The minimum Gasteiger partial charge on any atom is -0.374 e. The Bertz CT molecular complexity index is 357. The van der Waals surface area contributed by atoms with Crippen LogP contribution in [-0.4, -0.2) is 13.6 Å². The second-order valence-corrected chi connectivity index (χ2v) is 4.34. The number of rotatable bonds is 3. The first-order valence-electron chi connectivity index (χ1n) is 5.51. The van der Waals surface area contributed by atoms with Crippen molar-refractivity contribution in [3.05, 3.63) is 29.8 Å². The van der Waals surface area contributed by atoms with Crippen molar-refractivity contribution in [2.75, 3.05) is 18.5 Å². The molecule has 1 fully saturated rings. The van der Waals surface area contributed by atoms with E-state index >= 15 is 0 Å². The highest BCUT2D eigenvalue weighted by atomic mass is 15.1. The fourth-order valence-corrected chi connectivity index (χ4v) is 1.96. The molecule has 0 aliphatic heterocycles. The zero-order valence-corrected chi connectivity index (χ0v) is 9.11. The van der Waals surface area contributed by atoms with Gasteiger partial charge >= 0.3 is 0 Å². The molecule has 2 nitrogen and oxygen atoms in total. The summed E-state index contributed by atoms with van der Waals surface area (Å²) in [5.74, 6) is 0.880. The summed E-state index contributed by atoms with van der Waals surface area (Å²) in [6.45, 7) is 1.14. The van der Waals surface area contributed by atoms with Crippen LogP contribution in [0, 0.1) is 17.2 Å². The van der Waals surface area contributed by atoms with Crippen molar-refractivity contribution in [2.45, 2.75) is 19.3 Å². The van der Waals surface area contributed by atoms with Gasteiger partial charge in [0.05, 0.1) is 11.6 Å². The molecule has 1 aliphatic carbocycles. The average molecular weight is 200 g/mol. The Kier molecular flexibility index (Phi) is 2.91. The molecule has 0 N–H and O–H groups in total. The Morgan fingerprint density at radius 3 is 2.47 bits per heavy atom. The van der Waals surface area contributed by atoms with E-state index in [0.29, 0.717) is 0 Å². The summed E-state index contributed by atoms with van der Waals surface area (Å²) >= 11 is 0. The van der Waals surface area contributed by atoms with Crippen LogP contribution in [0.3, 0.4) is 0 Å². The summed E-state index contributed by atoms with van der Waals surface area (Å²) < 4.78 is 0. The van der Waals surface area contributed by atoms with E-state index < -0.39 is 0 Å². The third kappa shape index (κ3) is 2.30. The maximum atomic E-state index is 8.70. The second kappa shape index (κ2) is 4.35. The maximum absolute atomic E-state index is 8.70. The van der Waals surface area contributed by atoms with Crippen LogP contribution in [-0.2, 0) is 0 Å².